The van der Waals surface area contributed by atoms with E-state index >= 15 is 0 Å². The number of halogens is 1. The number of ether oxygens (including phenoxy) is 1. The van der Waals surface area contributed by atoms with Gasteiger partial charge in [-0.25, -0.2) is 0 Å². The van der Waals surface area contributed by atoms with E-state index in [9.17, 15) is 4.79 Å². The predicted molar refractivity (Wildman–Crippen MR) is 86.6 cm³/mol. The van der Waals surface area contributed by atoms with Gasteiger partial charge in [0, 0.05) is 16.7 Å². The molecule has 1 amide bonds. The van der Waals surface area contributed by atoms with Crippen molar-refractivity contribution in [2.45, 2.75) is 19.6 Å². The minimum absolute atomic E-state index is 0.119. The first-order chi connectivity index (χ1) is 10.1. The molecule has 1 aliphatic rings. The Morgan fingerprint density at radius 3 is 2.95 bits per heavy atom. The first-order valence-electron chi connectivity index (χ1n) is 6.72. The second-order valence-electron chi connectivity index (χ2n) is 4.94. The fourth-order valence-corrected chi connectivity index (χ4v) is 2.62. The molecule has 0 radical (unpaired) electrons. The molecule has 0 aliphatic carbocycles. The second kappa shape index (κ2) is 5.77. The number of nitrogens with one attached hydrogen (secondary N) is 2. The number of carbonyl (C=O) groups excluding carboxylic acids is 1. The van der Waals surface area contributed by atoms with Crippen LogP contribution >= 0.6 is 15.9 Å². The summed E-state index contributed by atoms with van der Waals surface area (Å²) in [4.78, 5) is 11.6. The standard InChI is InChI=1S/C16H15BrN2O2/c1-10-16(20)19-14-8-13(5-6-15(14)21-10)18-9-11-3-2-4-12(17)7-11/h2-8,10,18H,9H2,1H3,(H,19,20). The molecular formula is C16H15BrN2O2. The summed E-state index contributed by atoms with van der Waals surface area (Å²) in [6.45, 7) is 2.45. The number of benzene rings is 2. The van der Waals surface area contributed by atoms with Crippen molar-refractivity contribution in [2.24, 2.45) is 0 Å². The normalized spacial score (nSPS) is 16.7. The number of fused-ring (bicyclic) bond motifs is 1. The van der Waals surface area contributed by atoms with Crippen LogP contribution in [0.5, 0.6) is 5.75 Å². The Hall–Kier alpha value is -2.01. The van der Waals surface area contributed by atoms with E-state index in [-0.39, 0.29) is 5.91 Å². The summed E-state index contributed by atoms with van der Waals surface area (Å²) in [6.07, 6.45) is -0.446. The summed E-state index contributed by atoms with van der Waals surface area (Å²) in [5.41, 5.74) is 2.82. The Balaban J connectivity index is 1.73. The molecule has 1 aliphatic heterocycles. The molecule has 4 nitrogen and oxygen atoms in total. The van der Waals surface area contributed by atoms with Gasteiger partial charge < -0.3 is 15.4 Å². The van der Waals surface area contributed by atoms with Gasteiger partial charge in [-0.3, -0.25) is 4.79 Å². The smallest absolute Gasteiger partial charge is 0.265 e. The SMILES string of the molecule is CC1Oc2ccc(NCc3cccc(Br)c3)cc2NC1=O. The van der Waals surface area contributed by atoms with E-state index in [1.165, 1.54) is 5.56 Å². The summed E-state index contributed by atoms with van der Waals surface area (Å²) in [6, 6.07) is 13.8. The van der Waals surface area contributed by atoms with E-state index in [0.29, 0.717) is 18.0 Å². The van der Waals surface area contributed by atoms with Gasteiger partial charge in [-0.1, -0.05) is 28.1 Å². The molecule has 0 fully saturated rings. The Bertz CT molecular complexity index is 688. The van der Waals surface area contributed by atoms with E-state index in [2.05, 4.69) is 38.7 Å². The lowest BCUT2D eigenvalue weighted by Crippen LogP contribution is -2.34. The molecule has 21 heavy (non-hydrogen) atoms. The number of anilines is 2. The average Bonchev–Trinajstić information content (AvgIpc) is 2.46. The highest BCUT2D eigenvalue weighted by molar-refractivity contribution is 9.10. The van der Waals surface area contributed by atoms with Crippen LogP contribution < -0.4 is 15.4 Å². The number of rotatable bonds is 3. The van der Waals surface area contributed by atoms with Gasteiger partial charge in [0.05, 0.1) is 5.69 Å². The highest BCUT2D eigenvalue weighted by atomic mass is 79.9. The second-order valence-corrected chi connectivity index (χ2v) is 5.86. The third-order valence-corrected chi connectivity index (χ3v) is 3.79. The summed E-state index contributed by atoms with van der Waals surface area (Å²) in [5.74, 6) is 0.585. The topological polar surface area (TPSA) is 50.4 Å². The van der Waals surface area contributed by atoms with E-state index in [1.54, 1.807) is 6.92 Å². The Labute approximate surface area is 131 Å². The van der Waals surface area contributed by atoms with E-state index in [0.717, 1.165) is 10.2 Å². The van der Waals surface area contributed by atoms with Gasteiger partial charge in [-0.15, -0.1) is 0 Å². The van der Waals surface area contributed by atoms with E-state index in [4.69, 9.17) is 4.74 Å². The van der Waals surface area contributed by atoms with Crippen LogP contribution in [0.2, 0.25) is 0 Å². The van der Waals surface area contributed by atoms with Crippen molar-refractivity contribution in [2.75, 3.05) is 10.6 Å². The lowest BCUT2D eigenvalue weighted by atomic mass is 10.2. The molecule has 2 aromatic rings. The van der Waals surface area contributed by atoms with E-state index in [1.807, 2.05) is 30.3 Å². The molecule has 3 rings (SSSR count). The van der Waals surface area contributed by atoms with Crippen molar-refractivity contribution >= 4 is 33.2 Å². The summed E-state index contributed by atoms with van der Waals surface area (Å²) >= 11 is 3.46. The van der Waals surface area contributed by atoms with Crippen molar-refractivity contribution in [3.05, 3.63) is 52.5 Å². The van der Waals surface area contributed by atoms with Crippen LogP contribution in [0.1, 0.15) is 12.5 Å². The molecular weight excluding hydrogens is 332 g/mol. The fraction of sp³-hybridized carbons (Fsp3) is 0.188. The predicted octanol–water partition coefficient (Wildman–Crippen LogP) is 3.78. The zero-order valence-electron chi connectivity index (χ0n) is 11.5. The molecule has 1 unspecified atom stereocenters. The van der Waals surface area contributed by atoms with Gasteiger partial charge >= 0.3 is 0 Å². The molecule has 0 saturated heterocycles. The Morgan fingerprint density at radius 1 is 1.29 bits per heavy atom. The largest absolute Gasteiger partial charge is 0.479 e. The van der Waals surface area contributed by atoms with Gasteiger partial charge in [0.2, 0.25) is 0 Å². The molecule has 0 bridgehead atoms. The summed E-state index contributed by atoms with van der Waals surface area (Å²) in [5, 5.41) is 6.18. The first kappa shape index (κ1) is 13.9. The Morgan fingerprint density at radius 2 is 2.14 bits per heavy atom. The zero-order chi connectivity index (χ0) is 14.8. The highest BCUT2D eigenvalue weighted by Gasteiger charge is 2.23. The molecule has 2 aromatic carbocycles. The van der Waals surface area contributed by atoms with Crippen LogP contribution in [0.4, 0.5) is 11.4 Å². The molecule has 108 valence electrons. The minimum Gasteiger partial charge on any atom is -0.479 e. The van der Waals surface area contributed by atoms with Gasteiger partial charge in [0.25, 0.3) is 5.91 Å². The lowest BCUT2D eigenvalue weighted by Gasteiger charge is -2.23. The maximum atomic E-state index is 11.6. The monoisotopic (exact) mass is 346 g/mol. The van der Waals surface area contributed by atoms with Crippen molar-refractivity contribution in [3.8, 4) is 5.75 Å². The average molecular weight is 347 g/mol. The summed E-state index contributed by atoms with van der Waals surface area (Å²) in [7, 11) is 0. The fourth-order valence-electron chi connectivity index (χ4n) is 2.17. The molecule has 0 aromatic heterocycles. The number of hydrogen-bond acceptors (Lipinski definition) is 3. The highest BCUT2D eigenvalue weighted by Crippen LogP contribution is 2.32. The number of amides is 1. The van der Waals surface area contributed by atoms with Crippen LogP contribution in [0.25, 0.3) is 0 Å². The molecule has 0 spiro atoms. The molecule has 2 N–H and O–H groups in total. The van der Waals surface area contributed by atoms with Crippen molar-refractivity contribution in [1.29, 1.82) is 0 Å². The Kier molecular flexibility index (Phi) is 3.84. The number of carbonyl (C=O) groups is 1. The van der Waals surface area contributed by atoms with Crippen LogP contribution in [0.3, 0.4) is 0 Å². The lowest BCUT2D eigenvalue weighted by molar-refractivity contribution is -0.122. The third-order valence-electron chi connectivity index (χ3n) is 3.30. The molecule has 1 atom stereocenters. The van der Waals surface area contributed by atoms with Gasteiger partial charge in [0.15, 0.2) is 6.10 Å². The van der Waals surface area contributed by atoms with Gasteiger partial charge in [-0.2, -0.15) is 0 Å². The molecule has 5 heteroatoms. The van der Waals surface area contributed by atoms with Gasteiger partial charge in [-0.05, 0) is 42.8 Å². The van der Waals surface area contributed by atoms with Crippen LogP contribution in [0.15, 0.2) is 46.9 Å². The molecule has 1 heterocycles. The van der Waals surface area contributed by atoms with Crippen molar-refractivity contribution < 1.29 is 9.53 Å². The summed E-state index contributed by atoms with van der Waals surface area (Å²) < 4.78 is 6.59. The molecule has 0 saturated carbocycles. The quantitative estimate of drug-likeness (QED) is 0.889. The van der Waals surface area contributed by atoms with Gasteiger partial charge in [0.1, 0.15) is 5.75 Å². The van der Waals surface area contributed by atoms with Crippen LogP contribution in [-0.2, 0) is 11.3 Å². The van der Waals surface area contributed by atoms with Crippen molar-refractivity contribution in [1.82, 2.24) is 0 Å². The third kappa shape index (κ3) is 3.19. The zero-order valence-corrected chi connectivity index (χ0v) is 13.1. The van der Waals surface area contributed by atoms with Crippen LogP contribution in [0, 0.1) is 0 Å². The van der Waals surface area contributed by atoms with E-state index < -0.39 is 6.10 Å². The minimum atomic E-state index is -0.446. The number of hydrogen-bond donors (Lipinski definition) is 2. The van der Waals surface area contributed by atoms with Crippen LogP contribution in [-0.4, -0.2) is 12.0 Å². The maximum Gasteiger partial charge on any atom is 0.265 e. The maximum absolute atomic E-state index is 11.6. The first-order valence-corrected chi connectivity index (χ1v) is 7.51. The van der Waals surface area contributed by atoms with Crippen molar-refractivity contribution in [3.63, 3.8) is 0 Å².